The van der Waals surface area contributed by atoms with Crippen LogP contribution in [0.15, 0.2) is 42.5 Å². The van der Waals surface area contributed by atoms with Crippen LogP contribution in [0.1, 0.15) is 12.5 Å². The standard InChI is InChI=1S/C13H11F3O/c1-12(17,13(14,15)16)11-7-6-9-4-2-3-5-10(9)8-11/h2-8,17H,1H3/t12-/m1/s1. The summed E-state index contributed by atoms with van der Waals surface area (Å²) in [5.41, 5.74) is -2.97. The number of halogens is 3. The van der Waals surface area contributed by atoms with E-state index in [1.807, 2.05) is 6.07 Å². The second kappa shape index (κ2) is 3.74. The molecule has 2 aromatic carbocycles. The molecule has 1 nitrogen and oxygen atoms in total. The maximum atomic E-state index is 12.7. The average molecular weight is 240 g/mol. The second-order valence-corrected chi connectivity index (χ2v) is 4.13. The Hall–Kier alpha value is -1.55. The van der Waals surface area contributed by atoms with E-state index in [9.17, 15) is 18.3 Å². The highest BCUT2D eigenvalue weighted by Crippen LogP contribution is 2.39. The maximum absolute atomic E-state index is 12.7. The van der Waals surface area contributed by atoms with Gasteiger partial charge in [-0.2, -0.15) is 13.2 Å². The monoisotopic (exact) mass is 240 g/mol. The fourth-order valence-electron chi connectivity index (χ4n) is 1.66. The lowest BCUT2D eigenvalue weighted by Crippen LogP contribution is -2.39. The first-order valence-electron chi connectivity index (χ1n) is 5.11. The molecular formula is C13H11F3O. The molecule has 0 amide bonds. The maximum Gasteiger partial charge on any atom is 0.421 e. The molecule has 2 aromatic rings. The van der Waals surface area contributed by atoms with Crippen LogP contribution in [-0.4, -0.2) is 11.3 Å². The smallest absolute Gasteiger partial charge is 0.376 e. The predicted molar refractivity (Wildman–Crippen MR) is 59.6 cm³/mol. The van der Waals surface area contributed by atoms with Gasteiger partial charge in [-0.05, 0) is 29.3 Å². The highest BCUT2D eigenvalue weighted by molar-refractivity contribution is 5.83. The number of hydrogen-bond acceptors (Lipinski definition) is 1. The van der Waals surface area contributed by atoms with Gasteiger partial charge in [0, 0.05) is 0 Å². The number of alkyl halides is 3. The van der Waals surface area contributed by atoms with Crippen molar-refractivity contribution in [2.45, 2.75) is 18.7 Å². The van der Waals surface area contributed by atoms with E-state index in [2.05, 4.69) is 0 Å². The molecule has 17 heavy (non-hydrogen) atoms. The van der Waals surface area contributed by atoms with Gasteiger partial charge in [0.25, 0.3) is 0 Å². The third-order valence-electron chi connectivity index (χ3n) is 2.86. The fourth-order valence-corrected chi connectivity index (χ4v) is 1.66. The van der Waals surface area contributed by atoms with Gasteiger partial charge in [-0.3, -0.25) is 0 Å². The number of fused-ring (bicyclic) bond motifs is 1. The van der Waals surface area contributed by atoms with Crippen LogP contribution in [0.2, 0.25) is 0 Å². The van der Waals surface area contributed by atoms with Crippen molar-refractivity contribution < 1.29 is 18.3 Å². The van der Waals surface area contributed by atoms with Crippen molar-refractivity contribution in [2.24, 2.45) is 0 Å². The van der Waals surface area contributed by atoms with Gasteiger partial charge in [0.15, 0.2) is 5.60 Å². The van der Waals surface area contributed by atoms with Crippen LogP contribution in [0.5, 0.6) is 0 Å². The zero-order valence-electron chi connectivity index (χ0n) is 9.12. The van der Waals surface area contributed by atoms with Crippen LogP contribution in [0.4, 0.5) is 13.2 Å². The Bertz CT molecular complexity index is 544. The highest BCUT2D eigenvalue weighted by Gasteiger charge is 2.51. The SMILES string of the molecule is C[C@@](O)(c1ccc2ccccc2c1)C(F)(F)F. The Morgan fingerprint density at radius 1 is 0.941 bits per heavy atom. The lowest BCUT2D eigenvalue weighted by atomic mass is 9.93. The summed E-state index contributed by atoms with van der Waals surface area (Å²) in [5.74, 6) is 0. The van der Waals surface area contributed by atoms with Gasteiger partial charge in [0.1, 0.15) is 0 Å². The Labute approximate surface area is 96.5 Å². The molecule has 0 aliphatic carbocycles. The molecule has 0 aliphatic rings. The van der Waals surface area contributed by atoms with Gasteiger partial charge in [-0.25, -0.2) is 0 Å². The molecule has 0 radical (unpaired) electrons. The summed E-state index contributed by atoms with van der Waals surface area (Å²) in [7, 11) is 0. The largest absolute Gasteiger partial charge is 0.421 e. The van der Waals surface area contributed by atoms with Gasteiger partial charge in [-0.15, -0.1) is 0 Å². The topological polar surface area (TPSA) is 20.2 Å². The summed E-state index contributed by atoms with van der Waals surface area (Å²) in [6.45, 7) is 0.761. The molecule has 4 heteroatoms. The molecule has 90 valence electrons. The first-order chi connectivity index (χ1) is 7.82. The van der Waals surface area contributed by atoms with Crippen molar-refractivity contribution >= 4 is 10.8 Å². The van der Waals surface area contributed by atoms with Crippen molar-refractivity contribution in [3.8, 4) is 0 Å². The van der Waals surface area contributed by atoms with Crippen molar-refractivity contribution in [1.82, 2.24) is 0 Å². The normalized spacial score (nSPS) is 15.8. The van der Waals surface area contributed by atoms with E-state index in [0.29, 0.717) is 5.39 Å². The van der Waals surface area contributed by atoms with Crippen molar-refractivity contribution in [1.29, 1.82) is 0 Å². The van der Waals surface area contributed by atoms with E-state index in [1.54, 1.807) is 24.3 Å². The molecule has 0 saturated heterocycles. The highest BCUT2D eigenvalue weighted by atomic mass is 19.4. The minimum absolute atomic E-state index is 0.149. The molecule has 0 unspecified atom stereocenters. The quantitative estimate of drug-likeness (QED) is 0.807. The van der Waals surface area contributed by atoms with Gasteiger partial charge in [-0.1, -0.05) is 36.4 Å². The summed E-state index contributed by atoms with van der Waals surface area (Å²) in [6.07, 6.45) is -4.69. The summed E-state index contributed by atoms with van der Waals surface area (Å²) < 4.78 is 38.0. The van der Waals surface area contributed by atoms with E-state index in [0.717, 1.165) is 12.3 Å². The minimum atomic E-state index is -4.69. The van der Waals surface area contributed by atoms with Crippen LogP contribution >= 0.6 is 0 Å². The third-order valence-corrected chi connectivity index (χ3v) is 2.86. The molecule has 1 atom stereocenters. The molecule has 0 bridgehead atoms. The van der Waals surface area contributed by atoms with Crippen LogP contribution in [-0.2, 0) is 5.60 Å². The van der Waals surface area contributed by atoms with Crippen LogP contribution < -0.4 is 0 Å². The molecule has 0 aromatic heterocycles. The molecule has 0 saturated carbocycles. The van der Waals surface area contributed by atoms with E-state index >= 15 is 0 Å². The fraction of sp³-hybridized carbons (Fsp3) is 0.231. The number of hydrogen-bond donors (Lipinski definition) is 1. The lowest BCUT2D eigenvalue weighted by molar-refractivity contribution is -0.258. The Balaban J connectivity index is 2.57. The molecule has 0 heterocycles. The van der Waals surface area contributed by atoms with E-state index in [1.165, 1.54) is 12.1 Å². The van der Waals surface area contributed by atoms with E-state index in [-0.39, 0.29) is 5.56 Å². The van der Waals surface area contributed by atoms with Crippen molar-refractivity contribution in [2.75, 3.05) is 0 Å². The summed E-state index contributed by atoms with van der Waals surface area (Å²) >= 11 is 0. The number of benzene rings is 2. The number of aliphatic hydroxyl groups is 1. The van der Waals surface area contributed by atoms with Crippen molar-refractivity contribution in [3.63, 3.8) is 0 Å². The molecule has 2 rings (SSSR count). The summed E-state index contributed by atoms with van der Waals surface area (Å²) in [5, 5.41) is 11.1. The minimum Gasteiger partial charge on any atom is -0.376 e. The molecule has 0 fully saturated rings. The zero-order chi connectivity index (χ0) is 12.7. The van der Waals surface area contributed by atoms with Gasteiger partial charge in [0.05, 0.1) is 0 Å². The van der Waals surface area contributed by atoms with Crippen LogP contribution in [0, 0.1) is 0 Å². The Kier molecular flexibility index (Phi) is 2.62. The molecular weight excluding hydrogens is 229 g/mol. The number of rotatable bonds is 1. The molecule has 0 spiro atoms. The Morgan fingerprint density at radius 3 is 2.12 bits per heavy atom. The summed E-state index contributed by atoms with van der Waals surface area (Å²) in [6, 6.07) is 11.3. The zero-order valence-corrected chi connectivity index (χ0v) is 9.12. The molecule has 1 N–H and O–H groups in total. The molecule has 0 aliphatic heterocycles. The lowest BCUT2D eigenvalue weighted by Gasteiger charge is -2.26. The summed E-state index contributed by atoms with van der Waals surface area (Å²) in [4.78, 5) is 0. The van der Waals surface area contributed by atoms with E-state index < -0.39 is 11.8 Å². The first-order valence-corrected chi connectivity index (χ1v) is 5.11. The van der Waals surface area contributed by atoms with Gasteiger partial charge in [0.2, 0.25) is 0 Å². The first kappa shape index (κ1) is 11.9. The van der Waals surface area contributed by atoms with Crippen molar-refractivity contribution in [3.05, 3.63) is 48.0 Å². The Morgan fingerprint density at radius 2 is 1.53 bits per heavy atom. The van der Waals surface area contributed by atoms with Crippen LogP contribution in [0.3, 0.4) is 0 Å². The van der Waals surface area contributed by atoms with Crippen LogP contribution in [0.25, 0.3) is 10.8 Å². The van der Waals surface area contributed by atoms with E-state index in [4.69, 9.17) is 0 Å². The van der Waals surface area contributed by atoms with Gasteiger partial charge < -0.3 is 5.11 Å². The predicted octanol–water partition coefficient (Wildman–Crippen LogP) is 3.61. The average Bonchev–Trinajstić information content (AvgIpc) is 2.27. The van der Waals surface area contributed by atoms with Gasteiger partial charge >= 0.3 is 6.18 Å². The third kappa shape index (κ3) is 2.00. The second-order valence-electron chi connectivity index (χ2n) is 4.13.